The first-order valence-corrected chi connectivity index (χ1v) is 1.02. The molecule has 0 saturated carbocycles. The molecule has 0 aromatic carbocycles. The Labute approximate surface area is 46.9 Å². The molecule has 0 aliphatic carbocycles. The van der Waals surface area contributed by atoms with E-state index in [1.165, 1.54) is 11.9 Å². The fourth-order valence-corrected chi connectivity index (χ4v) is 0.0289. The van der Waals surface area contributed by atoms with E-state index in [9.17, 15) is 0 Å². The van der Waals surface area contributed by atoms with Gasteiger partial charge in [0.05, 0.1) is 0 Å². The van der Waals surface area contributed by atoms with Crippen LogP contribution in [-0.4, -0.2) is 7.28 Å². The van der Waals surface area contributed by atoms with Crippen molar-refractivity contribution in [1.82, 2.24) is 0 Å². The van der Waals surface area contributed by atoms with Gasteiger partial charge in [0.15, 0.2) is 0 Å². The summed E-state index contributed by atoms with van der Waals surface area (Å²) in [6.07, 6.45) is 0. The van der Waals surface area contributed by atoms with Crippen LogP contribution < -0.4 is 0 Å². The summed E-state index contributed by atoms with van der Waals surface area (Å²) >= 11 is 0. The minimum absolute atomic E-state index is 0. The van der Waals surface area contributed by atoms with Crippen LogP contribution in [0.2, 0.25) is 0 Å². The standard InChI is InChI=1S/C2BN2.Ni/c4-1-3-2-5;. The number of nitrogens with zero attached hydrogens (tertiary/aromatic N) is 2. The molecule has 0 saturated heterocycles. The summed E-state index contributed by atoms with van der Waals surface area (Å²) in [4.78, 5) is 0. The van der Waals surface area contributed by atoms with E-state index < -0.39 is 0 Å². The molecule has 0 bridgehead atoms. The Morgan fingerprint density at radius 2 is 1.50 bits per heavy atom. The van der Waals surface area contributed by atoms with Crippen molar-refractivity contribution in [2.45, 2.75) is 0 Å². The maximum Gasteiger partial charge on any atom is 0.390 e. The molecule has 0 atom stereocenters. The SMILES string of the molecule is N#C[B]C#N.[Ni]. The van der Waals surface area contributed by atoms with Gasteiger partial charge in [0, 0.05) is 28.4 Å². The monoisotopic (exact) mass is 121 g/mol. The number of rotatable bonds is 0. The molecule has 4 heteroatoms. The largest absolute Gasteiger partial charge is 0.390 e. The van der Waals surface area contributed by atoms with Gasteiger partial charge >= 0.3 is 7.28 Å². The normalized spacial score (nSPS) is 3.00. The number of nitriles is 2. The van der Waals surface area contributed by atoms with E-state index in [4.69, 9.17) is 10.5 Å². The first-order chi connectivity index (χ1) is 2.41. The molecule has 31 valence electrons. The Hall–Kier alpha value is -0.462. The topological polar surface area (TPSA) is 47.6 Å². The first-order valence-electron chi connectivity index (χ1n) is 1.02. The molecule has 0 aromatic rings. The van der Waals surface area contributed by atoms with Gasteiger partial charge in [-0.15, -0.1) is 0 Å². The molecule has 0 heterocycles. The van der Waals surface area contributed by atoms with Gasteiger partial charge in [0.1, 0.15) is 0 Å². The van der Waals surface area contributed by atoms with Crippen molar-refractivity contribution in [3.05, 3.63) is 0 Å². The minimum atomic E-state index is 0. The molecule has 0 spiro atoms. The molecule has 0 N–H and O–H groups in total. The Morgan fingerprint density at radius 3 is 1.50 bits per heavy atom. The van der Waals surface area contributed by atoms with Crippen molar-refractivity contribution in [3.8, 4) is 11.9 Å². The molecule has 1 radical (unpaired) electrons. The van der Waals surface area contributed by atoms with E-state index in [0.717, 1.165) is 7.28 Å². The summed E-state index contributed by atoms with van der Waals surface area (Å²) in [7, 11) is 0.861. The van der Waals surface area contributed by atoms with E-state index in [1.807, 2.05) is 0 Å². The molecular formula is C2BN2Ni. The molecule has 0 aliphatic heterocycles. The van der Waals surface area contributed by atoms with Gasteiger partial charge in [-0.3, -0.25) is 0 Å². The van der Waals surface area contributed by atoms with Crippen molar-refractivity contribution >= 4 is 7.28 Å². The van der Waals surface area contributed by atoms with Crippen molar-refractivity contribution in [2.75, 3.05) is 0 Å². The van der Waals surface area contributed by atoms with E-state index in [2.05, 4.69) is 0 Å². The van der Waals surface area contributed by atoms with Gasteiger partial charge < -0.3 is 0 Å². The molecule has 0 rings (SSSR count). The molecular weight excluding hydrogens is 122 g/mol. The van der Waals surface area contributed by atoms with Crippen LogP contribution in [0.25, 0.3) is 0 Å². The van der Waals surface area contributed by atoms with Gasteiger partial charge in [-0.2, -0.15) is 0 Å². The van der Waals surface area contributed by atoms with Crippen molar-refractivity contribution in [1.29, 1.82) is 10.5 Å². The molecule has 0 aromatic heterocycles. The van der Waals surface area contributed by atoms with E-state index in [0.29, 0.717) is 0 Å². The minimum Gasteiger partial charge on any atom is -0.212 e. The second-order valence-corrected chi connectivity index (χ2v) is 0.403. The van der Waals surface area contributed by atoms with Gasteiger partial charge in [-0.25, -0.2) is 10.5 Å². The van der Waals surface area contributed by atoms with Crippen LogP contribution in [0.4, 0.5) is 0 Å². The van der Waals surface area contributed by atoms with Crippen LogP contribution in [-0.2, 0) is 16.5 Å². The second-order valence-electron chi connectivity index (χ2n) is 0.403. The Morgan fingerprint density at radius 1 is 1.17 bits per heavy atom. The molecule has 0 aliphatic rings. The van der Waals surface area contributed by atoms with Crippen LogP contribution in [0.5, 0.6) is 0 Å². The molecule has 0 unspecified atom stereocenters. The van der Waals surface area contributed by atoms with Gasteiger partial charge in [0.25, 0.3) is 0 Å². The quantitative estimate of drug-likeness (QED) is 0.412. The Balaban J connectivity index is 0. The van der Waals surface area contributed by atoms with E-state index >= 15 is 0 Å². The summed E-state index contributed by atoms with van der Waals surface area (Å²) in [5.41, 5.74) is 0. The summed E-state index contributed by atoms with van der Waals surface area (Å²) in [5, 5.41) is 15.1. The third kappa shape index (κ3) is 9.63. The van der Waals surface area contributed by atoms with Crippen LogP contribution in [0.15, 0.2) is 0 Å². The van der Waals surface area contributed by atoms with Crippen molar-refractivity contribution in [3.63, 3.8) is 0 Å². The molecule has 2 nitrogen and oxygen atoms in total. The third-order valence-corrected chi connectivity index (χ3v) is 0.129. The summed E-state index contributed by atoms with van der Waals surface area (Å²) in [5.74, 6) is 3.06. The van der Waals surface area contributed by atoms with Gasteiger partial charge in [-0.1, -0.05) is 0 Å². The van der Waals surface area contributed by atoms with Crippen LogP contribution >= 0.6 is 0 Å². The molecule has 6 heavy (non-hydrogen) atoms. The van der Waals surface area contributed by atoms with E-state index in [-0.39, 0.29) is 16.5 Å². The second kappa shape index (κ2) is 8.82. The fourth-order valence-electron chi connectivity index (χ4n) is 0.0289. The van der Waals surface area contributed by atoms with Crippen molar-refractivity contribution in [2.24, 2.45) is 0 Å². The maximum atomic E-state index is 7.54. The fraction of sp³-hybridized carbons (Fsp3) is 0. The Bertz CT molecular complexity index is 76.7. The first kappa shape index (κ1) is 9.11. The average molecular weight is 122 g/mol. The summed E-state index contributed by atoms with van der Waals surface area (Å²) < 4.78 is 0. The molecule has 0 fully saturated rings. The zero-order valence-electron chi connectivity index (χ0n) is 2.79. The number of hydrogen-bond donors (Lipinski definition) is 0. The van der Waals surface area contributed by atoms with Crippen LogP contribution in [0.1, 0.15) is 0 Å². The smallest absolute Gasteiger partial charge is 0.212 e. The van der Waals surface area contributed by atoms with Gasteiger partial charge in [0.2, 0.25) is 0 Å². The summed E-state index contributed by atoms with van der Waals surface area (Å²) in [6.45, 7) is 0. The van der Waals surface area contributed by atoms with Crippen molar-refractivity contribution < 1.29 is 16.5 Å². The zero-order valence-corrected chi connectivity index (χ0v) is 3.78. The Kier molecular flexibility index (Phi) is 13.4. The molecule has 0 amide bonds. The predicted molar refractivity (Wildman–Crippen MR) is 17.0 cm³/mol. The third-order valence-electron chi connectivity index (χ3n) is 0.129. The predicted octanol–water partition coefficient (Wildman–Crippen LogP) is -0.350. The van der Waals surface area contributed by atoms with Gasteiger partial charge in [-0.05, 0) is 0 Å². The zero-order chi connectivity index (χ0) is 4.12. The van der Waals surface area contributed by atoms with Crippen LogP contribution in [0.3, 0.4) is 0 Å². The maximum absolute atomic E-state index is 7.54. The number of hydrogen-bond acceptors (Lipinski definition) is 2. The van der Waals surface area contributed by atoms with Crippen LogP contribution in [0, 0.1) is 22.5 Å². The van der Waals surface area contributed by atoms with E-state index in [1.54, 1.807) is 0 Å². The summed E-state index contributed by atoms with van der Waals surface area (Å²) in [6, 6.07) is 0. The average Bonchev–Trinajstić information content (AvgIpc) is 1.41.